The average molecular weight is 394 g/mol. The first-order valence-corrected chi connectivity index (χ1v) is 8.87. The van der Waals surface area contributed by atoms with Gasteiger partial charge in [0.25, 0.3) is 0 Å². The highest BCUT2D eigenvalue weighted by Crippen LogP contribution is 2.43. The van der Waals surface area contributed by atoms with Crippen LogP contribution in [0.4, 0.5) is 30.6 Å². The highest BCUT2D eigenvalue weighted by Gasteiger charge is 2.36. The fraction of sp³-hybridized carbons (Fsp3) is 0.421. The molecule has 2 N–H and O–H groups in total. The number of hydrogen-bond acceptors (Lipinski definition) is 5. The summed E-state index contributed by atoms with van der Waals surface area (Å²) in [7, 11) is 0. The van der Waals surface area contributed by atoms with Gasteiger partial charge in [-0.2, -0.15) is 18.2 Å². The molecule has 3 rings (SSSR count). The third-order valence-electron chi connectivity index (χ3n) is 4.79. The van der Waals surface area contributed by atoms with Crippen LogP contribution in [-0.2, 0) is 16.4 Å². The van der Waals surface area contributed by atoms with Gasteiger partial charge in [-0.25, -0.2) is 4.98 Å². The van der Waals surface area contributed by atoms with Crippen molar-refractivity contribution in [2.75, 3.05) is 23.3 Å². The Labute approximate surface area is 160 Å². The SMILES string of the molecule is CC1(C)CCN(c2cc(C(F)(F)F)nc(NCCC(=O)O)n2)c2ccccc21. The van der Waals surface area contributed by atoms with Crippen molar-refractivity contribution < 1.29 is 23.1 Å². The van der Waals surface area contributed by atoms with E-state index in [4.69, 9.17) is 5.11 Å². The second kappa shape index (κ2) is 7.29. The van der Waals surface area contributed by atoms with Crippen LogP contribution in [0.25, 0.3) is 0 Å². The Balaban J connectivity index is 2.02. The predicted octanol–water partition coefficient (Wildman–Crippen LogP) is 4.20. The standard InChI is InChI=1S/C19H21F3N4O2/c1-18(2)8-10-26(13-6-4-3-5-12(13)18)15-11-14(19(20,21)22)24-17(25-15)23-9-7-16(27)28/h3-6,11H,7-10H2,1-2H3,(H,27,28)(H,23,24,25). The number of nitrogens with one attached hydrogen (secondary N) is 1. The van der Waals surface area contributed by atoms with Crippen LogP contribution in [-0.4, -0.2) is 34.1 Å². The summed E-state index contributed by atoms with van der Waals surface area (Å²) in [4.78, 5) is 20.1. The number of alkyl halides is 3. The minimum absolute atomic E-state index is 0.0697. The Bertz CT molecular complexity index is 884. The van der Waals surface area contributed by atoms with Gasteiger partial charge in [0, 0.05) is 24.8 Å². The maximum Gasteiger partial charge on any atom is 0.433 e. The Morgan fingerprint density at radius 1 is 1.29 bits per heavy atom. The molecule has 2 aromatic rings. The monoisotopic (exact) mass is 394 g/mol. The zero-order chi connectivity index (χ0) is 20.5. The number of aromatic nitrogens is 2. The summed E-state index contributed by atoms with van der Waals surface area (Å²) in [6.45, 7) is 4.64. The van der Waals surface area contributed by atoms with Crippen molar-refractivity contribution in [1.82, 2.24) is 9.97 Å². The summed E-state index contributed by atoms with van der Waals surface area (Å²) in [5.74, 6) is -1.18. The molecule has 1 aliphatic rings. The van der Waals surface area contributed by atoms with E-state index in [2.05, 4.69) is 29.1 Å². The number of carbonyl (C=O) groups is 1. The van der Waals surface area contributed by atoms with Crippen LogP contribution in [0.3, 0.4) is 0 Å². The molecule has 1 aliphatic heterocycles. The normalized spacial score (nSPS) is 15.8. The smallest absolute Gasteiger partial charge is 0.433 e. The Kier molecular flexibility index (Phi) is 5.18. The molecular weight excluding hydrogens is 373 g/mol. The highest BCUT2D eigenvalue weighted by atomic mass is 19.4. The summed E-state index contributed by atoms with van der Waals surface area (Å²) >= 11 is 0. The van der Waals surface area contributed by atoms with Gasteiger partial charge >= 0.3 is 12.1 Å². The maximum atomic E-state index is 13.4. The molecule has 0 saturated heterocycles. The number of aliphatic carboxylic acids is 1. The van der Waals surface area contributed by atoms with E-state index in [9.17, 15) is 18.0 Å². The molecule has 0 atom stereocenters. The van der Waals surface area contributed by atoms with Crippen LogP contribution in [0.1, 0.15) is 37.9 Å². The van der Waals surface area contributed by atoms with E-state index in [1.165, 1.54) is 0 Å². The third kappa shape index (κ3) is 4.18. The molecular formula is C19H21F3N4O2. The van der Waals surface area contributed by atoms with Gasteiger partial charge in [-0.3, -0.25) is 4.79 Å². The second-order valence-corrected chi connectivity index (χ2v) is 7.31. The van der Waals surface area contributed by atoms with E-state index in [-0.39, 0.29) is 30.1 Å². The van der Waals surface area contributed by atoms with E-state index in [0.717, 1.165) is 23.7 Å². The summed E-state index contributed by atoms with van der Waals surface area (Å²) < 4.78 is 40.1. The van der Waals surface area contributed by atoms with Gasteiger partial charge in [-0.15, -0.1) is 0 Å². The van der Waals surface area contributed by atoms with E-state index in [0.29, 0.717) is 6.54 Å². The minimum atomic E-state index is -4.64. The predicted molar refractivity (Wildman–Crippen MR) is 98.9 cm³/mol. The van der Waals surface area contributed by atoms with E-state index >= 15 is 0 Å². The zero-order valence-corrected chi connectivity index (χ0v) is 15.5. The molecule has 0 unspecified atom stereocenters. The minimum Gasteiger partial charge on any atom is -0.481 e. The van der Waals surface area contributed by atoms with Crippen LogP contribution in [0.2, 0.25) is 0 Å². The molecule has 0 bridgehead atoms. The largest absolute Gasteiger partial charge is 0.481 e. The van der Waals surface area contributed by atoms with Gasteiger partial charge in [0.2, 0.25) is 5.95 Å². The molecule has 9 heteroatoms. The number of fused-ring (bicyclic) bond motifs is 1. The Morgan fingerprint density at radius 2 is 2.00 bits per heavy atom. The first kappa shape index (κ1) is 19.9. The lowest BCUT2D eigenvalue weighted by Crippen LogP contribution is -2.35. The molecule has 1 aromatic carbocycles. The summed E-state index contributed by atoms with van der Waals surface area (Å²) in [6.07, 6.45) is -4.15. The Morgan fingerprint density at radius 3 is 2.68 bits per heavy atom. The quantitative estimate of drug-likeness (QED) is 0.791. The number of rotatable bonds is 5. The maximum absolute atomic E-state index is 13.4. The molecule has 0 radical (unpaired) electrons. The van der Waals surface area contributed by atoms with Gasteiger partial charge in [-0.05, 0) is 23.5 Å². The Hall–Kier alpha value is -2.84. The summed E-state index contributed by atoms with van der Waals surface area (Å²) in [5, 5.41) is 11.3. The van der Waals surface area contributed by atoms with Gasteiger partial charge in [0.05, 0.1) is 6.42 Å². The van der Waals surface area contributed by atoms with Crippen LogP contribution < -0.4 is 10.2 Å². The highest BCUT2D eigenvalue weighted by molar-refractivity contribution is 5.69. The van der Waals surface area contributed by atoms with Crippen LogP contribution in [0, 0.1) is 0 Å². The second-order valence-electron chi connectivity index (χ2n) is 7.31. The lowest BCUT2D eigenvalue weighted by molar-refractivity contribution is -0.141. The van der Waals surface area contributed by atoms with Crippen molar-refractivity contribution in [3.8, 4) is 0 Å². The van der Waals surface area contributed by atoms with E-state index < -0.39 is 17.8 Å². The molecule has 0 saturated carbocycles. The van der Waals surface area contributed by atoms with E-state index in [1.54, 1.807) is 4.90 Å². The van der Waals surface area contributed by atoms with Crippen molar-refractivity contribution in [3.05, 3.63) is 41.6 Å². The fourth-order valence-corrected chi connectivity index (χ4v) is 3.24. The molecule has 6 nitrogen and oxygen atoms in total. The molecule has 0 aliphatic carbocycles. The topological polar surface area (TPSA) is 78.4 Å². The number of para-hydroxylation sites is 1. The number of anilines is 3. The number of carboxylic acids is 1. The van der Waals surface area contributed by atoms with Gasteiger partial charge in [-0.1, -0.05) is 32.0 Å². The molecule has 28 heavy (non-hydrogen) atoms. The molecule has 0 spiro atoms. The number of halogens is 3. The fourth-order valence-electron chi connectivity index (χ4n) is 3.24. The van der Waals surface area contributed by atoms with Crippen molar-refractivity contribution in [2.24, 2.45) is 0 Å². The lowest BCUT2D eigenvalue weighted by Gasteiger charge is -2.39. The first-order valence-electron chi connectivity index (χ1n) is 8.87. The zero-order valence-electron chi connectivity index (χ0n) is 15.5. The van der Waals surface area contributed by atoms with Crippen molar-refractivity contribution in [2.45, 2.75) is 38.3 Å². The lowest BCUT2D eigenvalue weighted by atomic mass is 9.77. The van der Waals surface area contributed by atoms with Crippen LogP contribution in [0.5, 0.6) is 0 Å². The molecule has 1 aromatic heterocycles. The van der Waals surface area contributed by atoms with Crippen LogP contribution >= 0.6 is 0 Å². The summed E-state index contributed by atoms with van der Waals surface area (Å²) in [6, 6.07) is 8.51. The van der Waals surface area contributed by atoms with E-state index in [1.807, 2.05) is 24.3 Å². The van der Waals surface area contributed by atoms with Gasteiger partial charge in [0.15, 0.2) is 5.69 Å². The van der Waals surface area contributed by atoms with Gasteiger partial charge < -0.3 is 15.3 Å². The molecule has 0 fully saturated rings. The number of nitrogens with zero attached hydrogens (tertiary/aromatic N) is 3. The number of benzene rings is 1. The molecule has 2 heterocycles. The number of carboxylic acid groups (broad SMARTS) is 1. The van der Waals surface area contributed by atoms with Crippen molar-refractivity contribution in [3.63, 3.8) is 0 Å². The van der Waals surface area contributed by atoms with Gasteiger partial charge in [0.1, 0.15) is 5.82 Å². The van der Waals surface area contributed by atoms with Crippen LogP contribution in [0.15, 0.2) is 30.3 Å². The molecule has 0 amide bonds. The number of hydrogen-bond donors (Lipinski definition) is 2. The first-order chi connectivity index (χ1) is 13.1. The average Bonchev–Trinajstić information content (AvgIpc) is 2.60. The van der Waals surface area contributed by atoms with Crippen molar-refractivity contribution >= 4 is 23.4 Å². The third-order valence-corrected chi connectivity index (χ3v) is 4.79. The van der Waals surface area contributed by atoms with Crippen molar-refractivity contribution in [1.29, 1.82) is 0 Å². The summed E-state index contributed by atoms with van der Waals surface area (Å²) in [5.41, 5.74) is 0.670. The molecule has 150 valence electrons.